The molecule has 24 heavy (non-hydrogen) atoms. The van der Waals surface area contributed by atoms with E-state index in [-0.39, 0.29) is 28.3 Å². The summed E-state index contributed by atoms with van der Waals surface area (Å²) in [4.78, 5) is 24.2. The number of anilines is 1. The van der Waals surface area contributed by atoms with Crippen LogP contribution < -0.4 is 5.32 Å². The Balaban J connectivity index is 2.37. The van der Waals surface area contributed by atoms with Crippen LogP contribution in [0.1, 0.15) is 45.3 Å². The zero-order valence-electron chi connectivity index (χ0n) is 12.6. The van der Waals surface area contributed by atoms with Crippen molar-refractivity contribution in [1.29, 1.82) is 0 Å². The number of benzene rings is 1. The summed E-state index contributed by atoms with van der Waals surface area (Å²) in [5.74, 6) is -1.05. The minimum absolute atomic E-state index is 0.192. The number of hydrogen-bond donors (Lipinski definition) is 1. The number of nitrogens with one attached hydrogen (secondary N) is 1. The molecule has 0 unspecified atom stereocenters. The fourth-order valence-corrected chi connectivity index (χ4v) is 3.19. The van der Waals surface area contributed by atoms with Crippen LogP contribution in [0.4, 0.5) is 18.2 Å². The first kappa shape index (κ1) is 18.4. The standard InChI is InChI=1S/C15H12ClF3N2O2S/c1-3-10(22)11-7(2)21-24-14(11)20-13(23)8-5-4-6-9(12(8)16)15(17,18)19/h4-6H,3H2,1-2H3,(H,20,23). The van der Waals surface area contributed by atoms with E-state index in [1.165, 1.54) is 6.07 Å². The van der Waals surface area contributed by atoms with Crippen LogP contribution in [0.5, 0.6) is 0 Å². The van der Waals surface area contributed by atoms with E-state index >= 15 is 0 Å². The predicted octanol–water partition coefficient (Wildman–Crippen LogP) is 4.97. The molecule has 0 atom stereocenters. The van der Waals surface area contributed by atoms with Crippen LogP contribution in [-0.4, -0.2) is 16.1 Å². The molecule has 1 aromatic heterocycles. The number of amides is 1. The molecule has 0 saturated heterocycles. The lowest BCUT2D eigenvalue weighted by Crippen LogP contribution is -2.16. The van der Waals surface area contributed by atoms with Crippen LogP contribution in [0.3, 0.4) is 0 Å². The summed E-state index contributed by atoms with van der Waals surface area (Å²) >= 11 is 6.62. The number of Topliss-reactive ketones (excluding diaryl/α,β-unsaturated/α-hetero) is 1. The third-order valence-corrected chi connectivity index (χ3v) is 4.50. The summed E-state index contributed by atoms with van der Waals surface area (Å²) in [6.45, 7) is 3.28. The monoisotopic (exact) mass is 376 g/mol. The van der Waals surface area contributed by atoms with Gasteiger partial charge in [-0.15, -0.1) is 0 Å². The van der Waals surface area contributed by atoms with Gasteiger partial charge in [-0.3, -0.25) is 9.59 Å². The smallest absolute Gasteiger partial charge is 0.312 e. The highest BCUT2D eigenvalue weighted by Crippen LogP contribution is 2.36. The first-order chi connectivity index (χ1) is 11.2. The molecule has 1 amide bonds. The maximum absolute atomic E-state index is 12.9. The van der Waals surface area contributed by atoms with Crippen LogP contribution in [0, 0.1) is 6.92 Å². The van der Waals surface area contributed by atoms with Crippen molar-refractivity contribution in [2.45, 2.75) is 26.4 Å². The van der Waals surface area contributed by atoms with Crippen molar-refractivity contribution in [3.63, 3.8) is 0 Å². The van der Waals surface area contributed by atoms with Crippen molar-refractivity contribution in [2.24, 2.45) is 0 Å². The highest BCUT2D eigenvalue weighted by Gasteiger charge is 2.34. The Morgan fingerprint density at radius 3 is 2.58 bits per heavy atom. The summed E-state index contributed by atoms with van der Waals surface area (Å²) in [6.07, 6.45) is -4.45. The number of rotatable bonds is 4. The van der Waals surface area contributed by atoms with Gasteiger partial charge < -0.3 is 5.32 Å². The highest BCUT2D eigenvalue weighted by atomic mass is 35.5. The average Bonchev–Trinajstić information content (AvgIpc) is 2.86. The Hall–Kier alpha value is -1.93. The van der Waals surface area contributed by atoms with Gasteiger partial charge in [0, 0.05) is 6.42 Å². The second-order valence-corrected chi connectivity index (χ2v) is 6.02. The van der Waals surface area contributed by atoms with Crippen LogP contribution in [0.25, 0.3) is 0 Å². The quantitative estimate of drug-likeness (QED) is 0.766. The van der Waals surface area contributed by atoms with Crippen molar-refractivity contribution in [1.82, 2.24) is 4.37 Å². The topological polar surface area (TPSA) is 59.1 Å². The van der Waals surface area contributed by atoms with Gasteiger partial charge in [0.15, 0.2) is 5.78 Å². The molecule has 2 rings (SSSR count). The Labute approximate surface area is 144 Å². The molecule has 0 spiro atoms. The molecule has 0 fully saturated rings. The van der Waals surface area contributed by atoms with E-state index in [4.69, 9.17) is 11.6 Å². The molecular weight excluding hydrogens is 365 g/mol. The molecule has 0 aliphatic heterocycles. The van der Waals surface area contributed by atoms with E-state index in [2.05, 4.69) is 9.69 Å². The Morgan fingerprint density at radius 1 is 1.33 bits per heavy atom. The maximum atomic E-state index is 12.9. The second-order valence-electron chi connectivity index (χ2n) is 4.87. The molecule has 128 valence electrons. The van der Waals surface area contributed by atoms with Crippen molar-refractivity contribution in [3.05, 3.63) is 45.6 Å². The van der Waals surface area contributed by atoms with E-state index < -0.39 is 22.7 Å². The number of aryl methyl sites for hydroxylation is 1. The Morgan fingerprint density at radius 2 is 2.00 bits per heavy atom. The van der Waals surface area contributed by atoms with Gasteiger partial charge in [-0.05, 0) is 30.6 Å². The number of ketones is 1. The second kappa shape index (κ2) is 6.90. The lowest BCUT2D eigenvalue weighted by molar-refractivity contribution is -0.137. The third-order valence-electron chi connectivity index (χ3n) is 3.24. The van der Waals surface area contributed by atoms with E-state index in [1.54, 1.807) is 13.8 Å². The minimum Gasteiger partial charge on any atom is -0.312 e. The highest BCUT2D eigenvalue weighted by molar-refractivity contribution is 7.11. The van der Waals surface area contributed by atoms with E-state index in [1.807, 2.05) is 0 Å². The molecule has 1 heterocycles. The molecule has 1 aromatic carbocycles. The fraction of sp³-hybridized carbons (Fsp3) is 0.267. The molecule has 0 aliphatic rings. The molecule has 9 heteroatoms. The van der Waals surface area contributed by atoms with Gasteiger partial charge in [0.05, 0.1) is 27.4 Å². The van der Waals surface area contributed by atoms with Gasteiger partial charge in [-0.25, -0.2) is 0 Å². The summed E-state index contributed by atoms with van der Waals surface area (Å²) in [6, 6.07) is 3.07. The summed E-state index contributed by atoms with van der Waals surface area (Å²) in [5.41, 5.74) is -0.703. The SMILES string of the molecule is CCC(=O)c1c(C)nsc1NC(=O)c1cccc(C(F)(F)F)c1Cl. The predicted molar refractivity (Wildman–Crippen MR) is 85.9 cm³/mol. The van der Waals surface area contributed by atoms with Gasteiger partial charge in [0.25, 0.3) is 5.91 Å². The first-order valence-electron chi connectivity index (χ1n) is 6.83. The summed E-state index contributed by atoms with van der Waals surface area (Å²) in [7, 11) is 0. The van der Waals surface area contributed by atoms with Crippen molar-refractivity contribution in [3.8, 4) is 0 Å². The first-order valence-corrected chi connectivity index (χ1v) is 7.98. The molecule has 0 aliphatic carbocycles. The van der Waals surface area contributed by atoms with E-state index in [0.717, 1.165) is 23.7 Å². The fourth-order valence-electron chi connectivity index (χ4n) is 2.06. The number of aromatic nitrogens is 1. The van der Waals surface area contributed by atoms with Crippen LogP contribution in [-0.2, 0) is 6.18 Å². The van der Waals surface area contributed by atoms with E-state index in [9.17, 15) is 22.8 Å². The molecule has 2 aromatic rings. The summed E-state index contributed by atoms with van der Waals surface area (Å²) < 4.78 is 42.6. The van der Waals surface area contributed by atoms with Gasteiger partial charge in [0.2, 0.25) is 0 Å². The Kier molecular flexibility index (Phi) is 5.29. The number of carbonyl (C=O) groups is 2. The molecule has 1 N–H and O–H groups in total. The summed E-state index contributed by atoms with van der Waals surface area (Å²) in [5, 5.41) is 1.93. The number of alkyl halides is 3. The largest absolute Gasteiger partial charge is 0.417 e. The maximum Gasteiger partial charge on any atom is 0.417 e. The van der Waals surface area contributed by atoms with E-state index in [0.29, 0.717) is 5.69 Å². The van der Waals surface area contributed by atoms with Crippen molar-refractivity contribution in [2.75, 3.05) is 5.32 Å². The van der Waals surface area contributed by atoms with Gasteiger partial charge >= 0.3 is 6.18 Å². The zero-order valence-corrected chi connectivity index (χ0v) is 14.2. The minimum atomic E-state index is -4.67. The molecule has 0 saturated carbocycles. The van der Waals surface area contributed by atoms with Gasteiger partial charge in [-0.2, -0.15) is 17.5 Å². The Bertz CT molecular complexity index is 803. The lowest BCUT2D eigenvalue weighted by atomic mass is 10.1. The zero-order chi connectivity index (χ0) is 18.1. The third kappa shape index (κ3) is 3.59. The number of carbonyl (C=O) groups excluding carboxylic acids is 2. The number of halogens is 4. The average molecular weight is 377 g/mol. The lowest BCUT2D eigenvalue weighted by Gasteiger charge is -2.12. The molecular formula is C15H12ClF3N2O2S. The van der Waals surface area contributed by atoms with Crippen molar-refractivity contribution < 1.29 is 22.8 Å². The van der Waals surface area contributed by atoms with Gasteiger partial charge in [0.1, 0.15) is 5.00 Å². The van der Waals surface area contributed by atoms with Crippen LogP contribution in [0.15, 0.2) is 18.2 Å². The number of nitrogens with zero attached hydrogens (tertiary/aromatic N) is 1. The van der Waals surface area contributed by atoms with Crippen LogP contribution in [0.2, 0.25) is 5.02 Å². The number of hydrogen-bond acceptors (Lipinski definition) is 4. The van der Waals surface area contributed by atoms with Crippen molar-refractivity contribution >= 4 is 39.8 Å². The van der Waals surface area contributed by atoms with Crippen LogP contribution >= 0.6 is 23.1 Å². The normalized spacial score (nSPS) is 11.4. The molecule has 0 radical (unpaired) electrons. The van der Waals surface area contributed by atoms with Gasteiger partial charge in [-0.1, -0.05) is 24.6 Å². The molecule has 4 nitrogen and oxygen atoms in total. The molecule has 0 bridgehead atoms.